The van der Waals surface area contributed by atoms with E-state index in [1.165, 1.54) is 6.92 Å². The van der Waals surface area contributed by atoms with Gasteiger partial charge in [-0.1, -0.05) is 37.3 Å². The van der Waals surface area contributed by atoms with Gasteiger partial charge in [-0.05, 0) is 18.9 Å². The smallest absolute Gasteiger partial charge is 0.303 e. The fraction of sp³-hybridized carbons (Fsp3) is 0.417. The van der Waals surface area contributed by atoms with Crippen LogP contribution in [-0.4, -0.2) is 5.97 Å². The minimum Gasteiger partial charge on any atom is -0.455 e. The fourth-order valence-corrected chi connectivity index (χ4v) is 1.44. The average molecular weight is 192 g/mol. The molecule has 0 aliphatic rings. The van der Waals surface area contributed by atoms with Gasteiger partial charge in [-0.3, -0.25) is 4.79 Å². The molecule has 0 amide bonds. The molecule has 1 aromatic carbocycles. The van der Waals surface area contributed by atoms with E-state index in [1.807, 2.05) is 44.2 Å². The van der Waals surface area contributed by atoms with Gasteiger partial charge in [0.2, 0.25) is 0 Å². The molecule has 0 heterocycles. The molecule has 1 atom stereocenters. The van der Waals surface area contributed by atoms with E-state index in [-0.39, 0.29) is 5.97 Å². The van der Waals surface area contributed by atoms with Crippen LogP contribution in [0.1, 0.15) is 32.8 Å². The highest BCUT2D eigenvalue weighted by Gasteiger charge is 2.27. The highest BCUT2D eigenvalue weighted by Crippen LogP contribution is 2.28. The van der Waals surface area contributed by atoms with Crippen LogP contribution < -0.4 is 0 Å². The largest absolute Gasteiger partial charge is 0.455 e. The summed E-state index contributed by atoms with van der Waals surface area (Å²) in [6.45, 7) is 5.39. The van der Waals surface area contributed by atoms with Crippen LogP contribution in [0, 0.1) is 0 Å². The van der Waals surface area contributed by atoms with Crippen LogP contribution in [0.25, 0.3) is 0 Å². The van der Waals surface area contributed by atoms with Gasteiger partial charge in [0.25, 0.3) is 0 Å². The van der Waals surface area contributed by atoms with Gasteiger partial charge in [0.1, 0.15) is 5.60 Å². The summed E-state index contributed by atoms with van der Waals surface area (Å²) in [5, 5.41) is 0. The van der Waals surface area contributed by atoms with E-state index in [4.69, 9.17) is 4.74 Å². The van der Waals surface area contributed by atoms with Crippen molar-refractivity contribution in [3.63, 3.8) is 0 Å². The third kappa shape index (κ3) is 2.34. The molecule has 0 aliphatic heterocycles. The molecule has 76 valence electrons. The maximum atomic E-state index is 11.0. The minimum atomic E-state index is -0.493. The maximum absolute atomic E-state index is 11.0. The first-order valence-electron chi connectivity index (χ1n) is 4.83. The van der Waals surface area contributed by atoms with Crippen LogP contribution >= 0.6 is 0 Å². The van der Waals surface area contributed by atoms with Gasteiger partial charge in [-0.25, -0.2) is 0 Å². The van der Waals surface area contributed by atoms with Crippen molar-refractivity contribution in [2.75, 3.05) is 0 Å². The third-order valence-corrected chi connectivity index (χ3v) is 2.43. The molecule has 0 bridgehead atoms. The fourth-order valence-electron chi connectivity index (χ4n) is 1.44. The predicted octanol–water partition coefficient (Wildman–Crippen LogP) is 2.87. The van der Waals surface area contributed by atoms with Gasteiger partial charge in [0.05, 0.1) is 0 Å². The number of carbonyl (C=O) groups excluding carboxylic acids is 1. The summed E-state index contributed by atoms with van der Waals surface area (Å²) in [6.07, 6.45) is 0.774. The van der Waals surface area contributed by atoms with Crippen LogP contribution in [0.5, 0.6) is 0 Å². The molecule has 0 radical (unpaired) electrons. The summed E-state index contributed by atoms with van der Waals surface area (Å²) in [7, 11) is 0. The molecular formula is C12H16O2. The van der Waals surface area contributed by atoms with E-state index in [9.17, 15) is 4.79 Å². The Bertz CT molecular complexity index is 305. The second-order valence-electron chi connectivity index (χ2n) is 3.54. The second-order valence-corrected chi connectivity index (χ2v) is 3.54. The first-order chi connectivity index (χ1) is 6.58. The summed E-state index contributed by atoms with van der Waals surface area (Å²) in [4.78, 5) is 11.0. The molecule has 0 aromatic heterocycles. The molecule has 14 heavy (non-hydrogen) atoms. The lowest BCUT2D eigenvalue weighted by Gasteiger charge is -2.28. The number of ether oxygens (including phenoxy) is 1. The van der Waals surface area contributed by atoms with Crippen LogP contribution in [0.2, 0.25) is 0 Å². The molecule has 0 aliphatic carbocycles. The van der Waals surface area contributed by atoms with E-state index >= 15 is 0 Å². The van der Waals surface area contributed by atoms with Crippen LogP contribution in [-0.2, 0) is 15.1 Å². The van der Waals surface area contributed by atoms with Crippen molar-refractivity contribution in [3.8, 4) is 0 Å². The quantitative estimate of drug-likeness (QED) is 0.688. The number of carbonyl (C=O) groups is 1. The Morgan fingerprint density at radius 2 is 1.93 bits per heavy atom. The molecular weight excluding hydrogens is 176 g/mol. The van der Waals surface area contributed by atoms with E-state index in [0.29, 0.717) is 0 Å². The minimum absolute atomic E-state index is 0.238. The highest BCUT2D eigenvalue weighted by atomic mass is 16.6. The molecule has 1 rings (SSSR count). The molecule has 0 N–H and O–H groups in total. The molecule has 0 saturated carbocycles. The Labute approximate surface area is 84.9 Å². The van der Waals surface area contributed by atoms with Crippen LogP contribution in [0.15, 0.2) is 30.3 Å². The molecule has 0 spiro atoms. The lowest BCUT2D eigenvalue weighted by molar-refractivity contribution is -0.156. The summed E-state index contributed by atoms with van der Waals surface area (Å²) < 4.78 is 5.33. The number of hydrogen-bond acceptors (Lipinski definition) is 2. The van der Waals surface area contributed by atoms with Crippen molar-refractivity contribution >= 4 is 5.97 Å². The SMILES string of the molecule is CC[C@](C)(OC(C)=O)c1ccccc1. The van der Waals surface area contributed by atoms with Gasteiger partial charge in [0, 0.05) is 6.92 Å². The van der Waals surface area contributed by atoms with E-state index in [1.54, 1.807) is 0 Å². The normalized spacial score (nSPS) is 14.5. The van der Waals surface area contributed by atoms with Gasteiger partial charge in [0.15, 0.2) is 0 Å². The highest BCUT2D eigenvalue weighted by molar-refractivity contribution is 5.66. The molecule has 1 aromatic rings. The predicted molar refractivity (Wildman–Crippen MR) is 55.9 cm³/mol. The molecule has 0 saturated heterocycles. The first kappa shape index (κ1) is 10.8. The Morgan fingerprint density at radius 1 is 1.36 bits per heavy atom. The molecule has 2 nitrogen and oxygen atoms in total. The summed E-state index contributed by atoms with van der Waals surface area (Å²) in [5.41, 5.74) is 0.547. The monoisotopic (exact) mass is 192 g/mol. The van der Waals surface area contributed by atoms with Crippen molar-refractivity contribution in [3.05, 3.63) is 35.9 Å². The first-order valence-corrected chi connectivity index (χ1v) is 4.83. The van der Waals surface area contributed by atoms with Gasteiger partial charge < -0.3 is 4.74 Å². The Kier molecular flexibility index (Phi) is 3.28. The second kappa shape index (κ2) is 4.27. The zero-order valence-corrected chi connectivity index (χ0v) is 8.91. The standard InChI is InChI=1S/C12H16O2/c1-4-12(3,14-10(2)13)11-8-6-5-7-9-11/h5-9H,4H2,1-3H3/t12-/m0/s1. The van der Waals surface area contributed by atoms with Crippen molar-refractivity contribution in [1.29, 1.82) is 0 Å². The van der Waals surface area contributed by atoms with Gasteiger partial charge in [-0.15, -0.1) is 0 Å². The van der Waals surface area contributed by atoms with Gasteiger partial charge in [-0.2, -0.15) is 0 Å². The summed E-state index contributed by atoms with van der Waals surface area (Å²) >= 11 is 0. The van der Waals surface area contributed by atoms with Gasteiger partial charge >= 0.3 is 5.97 Å². The summed E-state index contributed by atoms with van der Waals surface area (Å²) in [5.74, 6) is -0.238. The third-order valence-electron chi connectivity index (χ3n) is 2.43. The van der Waals surface area contributed by atoms with E-state index < -0.39 is 5.60 Å². The van der Waals surface area contributed by atoms with E-state index in [2.05, 4.69) is 0 Å². The van der Waals surface area contributed by atoms with Crippen LogP contribution in [0.3, 0.4) is 0 Å². The van der Waals surface area contributed by atoms with Crippen molar-refractivity contribution < 1.29 is 9.53 Å². The van der Waals surface area contributed by atoms with Crippen LogP contribution in [0.4, 0.5) is 0 Å². The molecule has 0 fully saturated rings. The Balaban J connectivity index is 2.95. The number of benzene rings is 1. The zero-order chi connectivity index (χ0) is 10.6. The Morgan fingerprint density at radius 3 is 2.36 bits per heavy atom. The maximum Gasteiger partial charge on any atom is 0.303 e. The number of hydrogen-bond donors (Lipinski definition) is 0. The lowest BCUT2D eigenvalue weighted by Crippen LogP contribution is -2.27. The average Bonchev–Trinajstić information content (AvgIpc) is 2.18. The molecule has 2 heteroatoms. The molecule has 0 unspecified atom stereocenters. The zero-order valence-electron chi connectivity index (χ0n) is 8.91. The van der Waals surface area contributed by atoms with Crippen molar-refractivity contribution in [2.45, 2.75) is 32.8 Å². The topological polar surface area (TPSA) is 26.3 Å². The van der Waals surface area contributed by atoms with E-state index in [0.717, 1.165) is 12.0 Å². The van der Waals surface area contributed by atoms with Crippen molar-refractivity contribution in [1.82, 2.24) is 0 Å². The lowest BCUT2D eigenvalue weighted by atomic mass is 9.93. The van der Waals surface area contributed by atoms with Crippen molar-refractivity contribution in [2.24, 2.45) is 0 Å². The number of esters is 1. The summed E-state index contributed by atoms with van der Waals surface area (Å²) in [6, 6.07) is 9.81. The number of rotatable bonds is 3. The Hall–Kier alpha value is -1.31.